The lowest BCUT2D eigenvalue weighted by molar-refractivity contribution is -0.150. The largest absolute Gasteiger partial charge is 0.481 e. The Bertz CT molecular complexity index is 824. The number of carbonyl (C=O) groups is 5. The van der Waals surface area contributed by atoms with Gasteiger partial charge < -0.3 is 26.6 Å². The van der Waals surface area contributed by atoms with Crippen LogP contribution in [0.4, 0.5) is 0 Å². The van der Waals surface area contributed by atoms with Crippen LogP contribution < -0.4 is 21.8 Å². The third kappa shape index (κ3) is 11.3. The number of carboxylic acids is 2. The van der Waals surface area contributed by atoms with Gasteiger partial charge in [0.15, 0.2) is 6.61 Å². The molecule has 0 saturated carbocycles. The third-order valence-electron chi connectivity index (χ3n) is 4.27. The van der Waals surface area contributed by atoms with E-state index in [9.17, 15) is 24.0 Å². The molecule has 0 aliphatic carbocycles. The molecule has 0 saturated heterocycles. The van der Waals surface area contributed by atoms with Gasteiger partial charge in [-0.15, -0.1) is 0 Å². The molecule has 33 heavy (non-hydrogen) atoms. The average Bonchev–Trinajstić information content (AvgIpc) is 2.76. The van der Waals surface area contributed by atoms with Gasteiger partial charge in [-0.25, -0.2) is 10.3 Å². The lowest BCUT2D eigenvalue weighted by Gasteiger charge is -2.23. The first kappa shape index (κ1) is 27.9. The molecule has 3 atom stereocenters. The van der Waals surface area contributed by atoms with Gasteiger partial charge in [0.1, 0.15) is 12.1 Å². The van der Waals surface area contributed by atoms with Crippen LogP contribution in [0, 0.1) is 0 Å². The zero-order chi connectivity index (χ0) is 24.8. The van der Waals surface area contributed by atoms with E-state index in [4.69, 9.17) is 15.9 Å². The fourth-order valence-electron chi connectivity index (χ4n) is 2.61. The van der Waals surface area contributed by atoms with Crippen molar-refractivity contribution in [2.24, 2.45) is 5.73 Å². The average molecular weight is 485 g/mol. The molecule has 0 fully saturated rings. The highest BCUT2D eigenvalue weighted by Crippen LogP contribution is 2.06. The van der Waals surface area contributed by atoms with Crippen LogP contribution in [0.3, 0.4) is 0 Å². The predicted octanol–water partition coefficient (Wildman–Crippen LogP) is -1.11. The highest BCUT2D eigenvalue weighted by molar-refractivity contribution is 7.98. The summed E-state index contributed by atoms with van der Waals surface area (Å²) in [5, 5.41) is 22.5. The van der Waals surface area contributed by atoms with Crippen LogP contribution in [0.2, 0.25) is 0 Å². The van der Waals surface area contributed by atoms with Gasteiger partial charge in [-0.1, -0.05) is 30.3 Å². The molecule has 1 aromatic carbocycles. The van der Waals surface area contributed by atoms with E-state index in [2.05, 4.69) is 15.5 Å². The van der Waals surface area contributed by atoms with E-state index in [1.165, 1.54) is 11.8 Å². The summed E-state index contributed by atoms with van der Waals surface area (Å²) in [4.78, 5) is 64.0. The van der Waals surface area contributed by atoms with Gasteiger partial charge in [0.2, 0.25) is 11.8 Å². The van der Waals surface area contributed by atoms with Crippen molar-refractivity contribution in [3.05, 3.63) is 35.9 Å². The summed E-state index contributed by atoms with van der Waals surface area (Å²) in [6, 6.07) is 4.93. The molecule has 0 aliphatic heterocycles. The second kappa shape index (κ2) is 14.8. The minimum Gasteiger partial charge on any atom is -0.481 e. The summed E-state index contributed by atoms with van der Waals surface area (Å²) in [7, 11) is 0. The molecule has 1 rings (SSSR count). The second-order valence-electron chi connectivity index (χ2n) is 6.95. The fourth-order valence-corrected chi connectivity index (χ4v) is 3.10. The molecule has 0 heterocycles. The number of rotatable bonds is 15. The Kier molecular flexibility index (Phi) is 12.5. The molecule has 0 aromatic heterocycles. The molecule has 0 aliphatic rings. The van der Waals surface area contributed by atoms with Gasteiger partial charge in [0, 0.05) is 6.42 Å². The minimum absolute atomic E-state index is 0.00415. The van der Waals surface area contributed by atoms with Crippen LogP contribution in [0.25, 0.3) is 0 Å². The van der Waals surface area contributed by atoms with Crippen molar-refractivity contribution in [1.29, 1.82) is 0 Å². The number of carbonyl (C=O) groups excluding carboxylic acids is 3. The maximum Gasteiger partial charge on any atom is 0.332 e. The Morgan fingerprint density at radius 1 is 0.970 bits per heavy atom. The zero-order valence-electron chi connectivity index (χ0n) is 18.0. The smallest absolute Gasteiger partial charge is 0.332 e. The first-order chi connectivity index (χ1) is 15.6. The number of carboxylic acid groups (broad SMARTS) is 2. The van der Waals surface area contributed by atoms with Crippen molar-refractivity contribution in [3.8, 4) is 0 Å². The SMILES string of the molecule is CSCC[C@H](N)C(=O)N[C@@H](CC(=O)O)C(=O)N[C@@H](Cc1ccccc1)C(=O)NOCC(=O)O. The molecule has 1 aromatic rings. The van der Waals surface area contributed by atoms with Crippen molar-refractivity contribution in [3.63, 3.8) is 0 Å². The zero-order valence-corrected chi connectivity index (χ0v) is 18.8. The van der Waals surface area contributed by atoms with Gasteiger partial charge >= 0.3 is 11.9 Å². The number of nitrogens with one attached hydrogen (secondary N) is 3. The molecule has 0 radical (unpaired) electrons. The van der Waals surface area contributed by atoms with Gasteiger partial charge in [-0.2, -0.15) is 11.8 Å². The molecule has 0 spiro atoms. The van der Waals surface area contributed by atoms with Crippen LogP contribution in [-0.2, 0) is 35.2 Å². The molecule has 13 heteroatoms. The highest BCUT2D eigenvalue weighted by Gasteiger charge is 2.30. The Labute approximate surface area is 194 Å². The van der Waals surface area contributed by atoms with Crippen molar-refractivity contribution in [2.75, 3.05) is 18.6 Å². The van der Waals surface area contributed by atoms with Crippen LogP contribution in [0.1, 0.15) is 18.4 Å². The number of benzene rings is 1. The van der Waals surface area contributed by atoms with Gasteiger partial charge in [-0.05, 0) is 24.0 Å². The van der Waals surface area contributed by atoms with E-state index in [1.54, 1.807) is 30.3 Å². The number of nitrogens with two attached hydrogens (primary N) is 1. The van der Waals surface area contributed by atoms with Crippen LogP contribution >= 0.6 is 11.8 Å². The quantitative estimate of drug-likeness (QED) is 0.166. The summed E-state index contributed by atoms with van der Waals surface area (Å²) in [6.45, 7) is -0.802. The van der Waals surface area contributed by atoms with Gasteiger partial charge in [0.25, 0.3) is 5.91 Å². The Morgan fingerprint density at radius 3 is 2.18 bits per heavy atom. The van der Waals surface area contributed by atoms with Crippen molar-refractivity contribution in [2.45, 2.75) is 37.4 Å². The normalized spacial score (nSPS) is 13.3. The van der Waals surface area contributed by atoms with E-state index in [-0.39, 0.29) is 6.42 Å². The van der Waals surface area contributed by atoms with E-state index in [0.29, 0.717) is 17.7 Å². The summed E-state index contributed by atoms with van der Waals surface area (Å²) in [5.74, 6) is -4.54. The summed E-state index contributed by atoms with van der Waals surface area (Å²) in [5.41, 5.74) is 8.38. The highest BCUT2D eigenvalue weighted by atomic mass is 32.2. The number of amides is 3. The van der Waals surface area contributed by atoms with E-state index < -0.39 is 60.8 Å². The first-order valence-electron chi connectivity index (χ1n) is 9.88. The molecular formula is C20H28N4O8S. The monoisotopic (exact) mass is 484 g/mol. The maximum absolute atomic E-state index is 12.8. The standard InChI is InChI=1S/C20H28N4O8S/c1-33-8-7-13(21)18(29)22-15(10-16(25)26)19(30)23-14(9-12-5-3-2-4-6-12)20(31)24-32-11-17(27)28/h2-6,13-15H,7-11,21H2,1H3,(H,22,29)(H,23,30)(H,24,31)(H,25,26)(H,27,28)/t13-,14-,15-/m0/s1. The molecule has 0 bridgehead atoms. The van der Waals surface area contributed by atoms with E-state index >= 15 is 0 Å². The van der Waals surface area contributed by atoms with Crippen LogP contribution in [0.5, 0.6) is 0 Å². The molecular weight excluding hydrogens is 456 g/mol. The first-order valence-corrected chi connectivity index (χ1v) is 11.3. The summed E-state index contributed by atoms with van der Waals surface area (Å²) in [6.07, 6.45) is 1.43. The van der Waals surface area contributed by atoms with Crippen molar-refractivity contribution >= 4 is 41.4 Å². The van der Waals surface area contributed by atoms with Crippen molar-refractivity contribution < 1.29 is 39.0 Å². The van der Waals surface area contributed by atoms with Gasteiger partial charge in [0.05, 0.1) is 12.5 Å². The summed E-state index contributed by atoms with van der Waals surface area (Å²) < 4.78 is 0. The molecule has 3 amide bonds. The molecule has 0 unspecified atom stereocenters. The minimum atomic E-state index is -1.48. The van der Waals surface area contributed by atoms with Crippen LogP contribution in [-0.4, -0.2) is 76.6 Å². The number of aliphatic carboxylic acids is 2. The number of hydrogen-bond donors (Lipinski definition) is 6. The molecule has 7 N–H and O–H groups in total. The summed E-state index contributed by atoms with van der Waals surface area (Å²) >= 11 is 1.48. The number of hydroxylamine groups is 1. The van der Waals surface area contributed by atoms with Crippen molar-refractivity contribution in [1.82, 2.24) is 16.1 Å². The Hall–Kier alpha value is -3.16. The molecule has 182 valence electrons. The third-order valence-corrected chi connectivity index (χ3v) is 4.91. The van der Waals surface area contributed by atoms with E-state index in [1.807, 2.05) is 11.7 Å². The fraction of sp³-hybridized carbons (Fsp3) is 0.450. The van der Waals surface area contributed by atoms with E-state index in [0.717, 1.165) is 0 Å². The Morgan fingerprint density at radius 2 is 1.61 bits per heavy atom. The lowest BCUT2D eigenvalue weighted by Crippen LogP contribution is -2.56. The topological polar surface area (TPSA) is 197 Å². The Balaban J connectivity index is 2.95. The number of thioether (sulfide) groups is 1. The maximum atomic E-state index is 12.8. The second-order valence-corrected chi connectivity index (χ2v) is 7.93. The van der Waals surface area contributed by atoms with Crippen LogP contribution in [0.15, 0.2) is 30.3 Å². The molecule has 12 nitrogen and oxygen atoms in total. The van der Waals surface area contributed by atoms with Gasteiger partial charge in [-0.3, -0.25) is 24.0 Å². The predicted molar refractivity (Wildman–Crippen MR) is 119 cm³/mol. The lowest BCUT2D eigenvalue weighted by atomic mass is 10.0. The number of hydrogen-bond acceptors (Lipinski definition) is 8.